The van der Waals surface area contributed by atoms with Gasteiger partial charge in [0, 0.05) is 79.5 Å². The zero-order valence-corrected chi connectivity index (χ0v) is 26.9. The van der Waals surface area contributed by atoms with Gasteiger partial charge in [0.2, 0.25) is 0 Å². The molecule has 9 heteroatoms. The fourth-order valence-corrected chi connectivity index (χ4v) is 7.47. The molecule has 1 unspecified atom stereocenters. The highest BCUT2D eigenvalue weighted by molar-refractivity contribution is 5.99. The monoisotopic (exact) mass is 616 g/mol. The van der Waals surface area contributed by atoms with Crippen LogP contribution in [0.5, 0.6) is 0 Å². The van der Waals surface area contributed by atoms with Crippen LogP contribution in [0, 0.1) is 26.6 Å². The highest BCUT2D eigenvalue weighted by Crippen LogP contribution is 2.41. The lowest BCUT2D eigenvalue weighted by molar-refractivity contribution is 0.0164. The SMILES string of the molecule is CCN(c1cc(-c2cc3c(cc2F)C(N2CCOCC2)CC3)cc(C(=O)NCc2c(C)cc(C)[nH]c2=O)c1C)C1CCOCC1. The first-order valence-corrected chi connectivity index (χ1v) is 16.4. The summed E-state index contributed by atoms with van der Waals surface area (Å²) in [6.07, 6.45) is 3.65. The van der Waals surface area contributed by atoms with E-state index in [1.165, 1.54) is 5.56 Å². The Labute approximate surface area is 264 Å². The number of carbonyl (C=O) groups is 1. The molecule has 2 aromatic carbocycles. The third kappa shape index (κ3) is 6.44. The summed E-state index contributed by atoms with van der Waals surface area (Å²) in [6, 6.07) is 9.97. The van der Waals surface area contributed by atoms with Gasteiger partial charge in [0.15, 0.2) is 0 Å². The molecular formula is C36H45FN4O4. The zero-order valence-electron chi connectivity index (χ0n) is 26.9. The number of carbonyl (C=O) groups excluding carboxylic acids is 1. The number of H-pyrrole nitrogens is 1. The fourth-order valence-electron chi connectivity index (χ4n) is 7.47. The fraction of sp³-hybridized carbons (Fsp3) is 0.500. The minimum Gasteiger partial charge on any atom is -0.381 e. The lowest BCUT2D eigenvalue weighted by atomic mass is 9.93. The number of amides is 1. The van der Waals surface area contributed by atoms with Crippen LogP contribution in [0.2, 0.25) is 0 Å². The van der Waals surface area contributed by atoms with Crippen molar-refractivity contribution in [3.8, 4) is 11.1 Å². The molecule has 0 saturated carbocycles. The number of ether oxygens (including phenoxy) is 2. The molecule has 2 aliphatic heterocycles. The van der Waals surface area contributed by atoms with E-state index in [0.29, 0.717) is 48.7 Å². The summed E-state index contributed by atoms with van der Waals surface area (Å²) in [7, 11) is 0. The Bertz CT molecular complexity index is 1620. The second-order valence-electron chi connectivity index (χ2n) is 12.7. The number of aromatic amines is 1. The van der Waals surface area contributed by atoms with E-state index in [4.69, 9.17) is 9.47 Å². The topological polar surface area (TPSA) is 86.9 Å². The molecule has 8 nitrogen and oxygen atoms in total. The molecule has 2 saturated heterocycles. The maximum atomic E-state index is 16.2. The van der Waals surface area contributed by atoms with Crippen molar-refractivity contribution in [3.05, 3.63) is 85.6 Å². The number of hydrogen-bond acceptors (Lipinski definition) is 6. The van der Waals surface area contributed by atoms with Crippen LogP contribution >= 0.6 is 0 Å². The molecule has 240 valence electrons. The molecule has 3 aromatic rings. The van der Waals surface area contributed by atoms with E-state index in [9.17, 15) is 9.59 Å². The Hall–Kier alpha value is -3.53. The van der Waals surface area contributed by atoms with Crippen molar-refractivity contribution in [1.29, 1.82) is 0 Å². The van der Waals surface area contributed by atoms with Gasteiger partial charge in [0.25, 0.3) is 11.5 Å². The molecule has 0 radical (unpaired) electrons. The van der Waals surface area contributed by atoms with E-state index in [1.54, 1.807) is 6.07 Å². The van der Waals surface area contributed by atoms with Crippen LogP contribution < -0.4 is 15.8 Å². The summed E-state index contributed by atoms with van der Waals surface area (Å²) in [5.41, 5.74) is 7.63. The van der Waals surface area contributed by atoms with Gasteiger partial charge in [0.05, 0.1) is 13.2 Å². The normalized spacial score (nSPS) is 19.0. The minimum absolute atomic E-state index is 0.104. The molecule has 1 amide bonds. The molecule has 3 heterocycles. The van der Waals surface area contributed by atoms with Crippen LogP contribution in [0.1, 0.15) is 76.1 Å². The van der Waals surface area contributed by atoms with Gasteiger partial charge in [-0.2, -0.15) is 0 Å². The summed E-state index contributed by atoms with van der Waals surface area (Å²) in [5, 5.41) is 2.99. The molecule has 1 atom stereocenters. The smallest absolute Gasteiger partial charge is 0.253 e. The average molecular weight is 617 g/mol. The number of benzene rings is 2. The Morgan fingerprint density at radius 1 is 1.02 bits per heavy atom. The summed E-state index contributed by atoms with van der Waals surface area (Å²) in [6.45, 7) is 13.2. The second kappa shape index (κ2) is 13.4. The third-order valence-electron chi connectivity index (χ3n) is 9.90. The first-order valence-electron chi connectivity index (χ1n) is 16.4. The van der Waals surface area contributed by atoms with Crippen molar-refractivity contribution in [3.63, 3.8) is 0 Å². The largest absolute Gasteiger partial charge is 0.381 e. The molecule has 1 aromatic heterocycles. The Balaban J connectivity index is 1.38. The standard InChI is InChI=1S/C36H45FN4O4/c1-5-41(27-8-12-44-13-9-27)34-19-26(18-28(24(34)4)35(42)38-21-31-22(2)16-23(3)39-36(31)43)29-17-25-6-7-33(30(25)20-32(29)37)40-10-14-45-15-11-40/h16-20,27,33H,5-15,21H2,1-4H3,(H,38,42)(H,39,43). The van der Waals surface area contributed by atoms with E-state index in [0.717, 1.165) is 73.4 Å². The summed E-state index contributed by atoms with van der Waals surface area (Å²) >= 11 is 0. The number of hydrogen-bond donors (Lipinski definition) is 2. The Kier molecular flexibility index (Phi) is 9.40. The van der Waals surface area contributed by atoms with Gasteiger partial charge in [-0.25, -0.2) is 4.39 Å². The highest BCUT2D eigenvalue weighted by Gasteiger charge is 2.31. The van der Waals surface area contributed by atoms with Crippen molar-refractivity contribution in [2.45, 2.75) is 72.0 Å². The number of fused-ring (bicyclic) bond motifs is 1. The number of nitrogens with zero attached hydrogens (tertiary/aromatic N) is 2. The van der Waals surface area contributed by atoms with Crippen molar-refractivity contribution in [2.24, 2.45) is 0 Å². The number of pyridine rings is 1. The van der Waals surface area contributed by atoms with E-state index in [2.05, 4.69) is 33.1 Å². The van der Waals surface area contributed by atoms with Gasteiger partial charge in [-0.05, 0) is 112 Å². The maximum Gasteiger partial charge on any atom is 0.253 e. The molecule has 0 spiro atoms. The van der Waals surface area contributed by atoms with Gasteiger partial charge < -0.3 is 24.7 Å². The lowest BCUT2D eigenvalue weighted by Crippen LogP contribution is -2.40. The number of morpholine rings is 1. The van der Waals surface area contributed by atoms with E-state index in [1.807, 2.05) is 39.0 Å². The predicted octanol–water partition coefficient (Wildman–Crippen LogP) is 5.36. The number of nitrogens with one attached hydrogen (secondary N) is 2. The first-order chi connectivity index (χ1) is 21.7. The molecule has 2 fully saturated rings. The van der Waals surface area contributed by atoms with E-state index >= 15 is 4.39 Å². The van der Waals surface area contributed by atoms with Crippen molar-refractivity contribution in [2.75, 3.05) is 51.0 Å². The van der Waals surface area contributed by atoms with Gasteiger partial charge in [-0.1, -0.05) is 0 Å². The van der Waals surface area contributed by atoms with Crippen LogP contribution in [0.15, 0.2) is 35.1 Å². The predicted molar refractivity (Wildman–Crippen MR) is 175 cm³/mol. The van der Waals surface area contributed by atoms with Crippen molar-refractivity contribution >= 4 is 11.6 Å². The summed E-state index contributed by atoms with van der Waals surface area (Å²) in [5.74, 6) is -0.557. The number of anilines is 1. The van der Waals surface area contributed by atoms with Crippen molar-refractivity contribution in [1.82, 2.24) is 15.2 Å². The van der Waals surface area contributed by atoms with Crippen LogP contribution in [-0.4, -0.2) is 67.9 Å². The number of rotatable bonds is 8. The van der Waals surface area contributed by atoms with E-state index < -0.39 is 0 Å². The third-order valence-corrected chi connectivity index (χ3v) is 9.90. The summed E-state index contributed by atoms with van der Waals surface area (Å²) in [4.78, 5) is 34.1. The van der Waals surface area contributed by atoms with Crippen LogP contribution in [-0.2, 0) is 22.4 Å². The number of halogens is 1. The van der Waals surface area contributed by atoms with Crippen LogP contribution in [0.25, 0.3) is 11.1 Å². The molecule has 2 N–H and O–H groups in total. The molecule has 6 rings (SSSR count). The average Bonchev–Trinajstić information content (AvgIpc) is 3.44. The summed E-state index contributed by atoms with van der Waals surface area (Å²) < 4.78 is 27.4. The quantitative estimate of drug-likeness (QED) is 0.355. The van der Waals surface area contributed by atoms with E-state index in [-0.39, 0.29) is 35.9 Å². The van der Waals surface area contributed by atoms with Gasteiger partial charge in [0.1, 0.15) is 5.82 Å². The molecule has 1 aliphatic carbocycles. The van der Waals surface area contributed by atoms with Gasteiger partial charge in [-0.3, -0.25) is 14.5 Å². The minimum atomic E-state index is -0.285. The molecule has 45 heavy (non-hydrogen) atoms. The first kappa shape index (κ1) is 31.5. The maximum absolute atomic E-state index is 16.2. The molecule has 3 aliphatic rings. The molecule has 0 bridgehead atoms. The van der Waals surface area contributed by atoms with Crippen LogP contribution in [0.4, 0.5) is 10.1 Å². The number of aromatic nitrogens is 1. The van der Waals surface area contributed by atoms with Gasteiger partial charge in [-0.15, -0.1) is 0 Å². The lowest BCUT2D eigenvalue weighted by Gasteiger charge is -2.37. The highest BCUT2D eigenvalue weighted by atomic mass is 19.1. The van der Waals surface area contributed by atoms with Gasteiger partial charge >= 0.3 is 0 Å². The molecular weight excluding hydrogens is 571 g/mol. The zero-order chi connectivity index (χ0) is 31.7. The number of aryl methyl sites for hydroxylation is 3. The Morgan fingerprint density at radius 3 is 2.47 bits per heavy atom. The van der Waals surface area contributed by atoms with Crippen molar-refractivity contribution < 1.29 is 18.7 Å². The Morgan fingerprint density at radius 2 is 1.76 bits per heavy atom. The van der Waals surface area contributed by atoms with Crippen LogP contribution in [0.3, 0.4) is 0 Å². The second-order valence-corrected chi connectivity index (χ2v) is 12.7.